The fraction of sp³-hybridized carbons (Fsp3) is 0.160. The third-order valence-electron chi connectivity index (χ3n) is 4.63. The summed E-state index contributed by atoms with van der Waals surface area (Å²) in [6, 6.07) is 15.6. The summed E-state index contributed by atoms with van der Waals surface area (Å²) in [6.07, 6.45) is 1.95. The number of hydrogen-bond acceptors (Lipinski definition) is 7. The Bertz CT molecular complexity index is 1410. The molecule has 0 amide bonds. The fourth-order valence-electron chi connectivity index (χ4n) is 3.05. The summed E-state index contributed by atoms with van der Waals surface area (Å²) in [5.41, 5.74) is 2.26. The second-order valence-corrected chi connectivity index (χ2v) is 8.58. The topological polar surface area (TPSA) is 82.9 Å². The van der Waals surface area contributed by atoms with E-state index in [1.54, 1.807) is 24.3 Å². The Morgan fingerprint density at radius 1 is 1.15 bits per heavy atom. The lowest BCUT2D eigenvalue weighted by Gasteiger charge is -2.11. The van der Waals surface area contributed by atoms with Crippen LogP contribution >= 0.6 is 22.9 Å². The molecule has 6 nitrogen and oxygen atoms in total. The van der Waals surface area contributed by atoms with E-state index in [9.17, 15) is 4.39 Å². The van der Waals surface area contributed by atoms with Crippen molar-refractivity contribution in [2.24, 2.45) is 0 Å². The summed E-state index contributed by atoms with van der Waals surface area (Å²) < 4.78 is 20.0. The van der Waals surface area contributed by atoms with Gasteiger partial charge in [0.1, 0.15) is 24.5 Å². The van der Waals surface area contributed by atoms with E-state index in [1.807, 2.05) is 12.1 Å². The second kappa shape index (κ2) is 11.4. The minimum Gasteiger partial charge on any atom is -0.487 e. The summed E-state index contributed by atoms with van der Waals surface area (Å²) in [5, 5.41) is 15.3. The first-order valence-corrected chi connectivity index (χ1v) is 11.6. The van der Waals surface area contributed by atoms with Crippen molar-refractivity contribution in [1.82, 2.24) is 15.3 Å². The molecule has 4 aromatic rings. The van der Waals surface area contributed by atoms with Crippen LogP contribution in [0.15, 0.2) is 54.9 Å². The van der Waals surface area contributed by atoms with Crippen LogP contribution in [0, 0.1) is 29.0 Å². The first-order chi connectivity index (χ1) is 16.6. The maximum Gasteiger partial charge on any atom is 0.151 e. The molecule has 0 aliphatic carbocycles. The van der Waals surface area contributed by atoms with Gasteiger partial charge in [-0.25, -0.2) is 14.4 Å². The van der Waals surface area contributed by atoms with E-state index < -0.39 is 0 Å². The highest BCUT2D eigenvalue weighted by atomic mass is 35.5. The number of ether oxygens (including phenoxy) is 1. The van der Waals surface area contributed by atoms with Gasteiger partial charge in [0.25, 0.3) is 0 Å². The second-order valence-electron chi connectivity index (χ2n) is 7.12. The number of aromatic nitrogens is 2. The van der Waals surface area contributed by atoms with Crippen molar-refractivity contribution in [3.63, 3.8) is 0 Å². The molecule has 0 spiro atoms. The van der Waals surface area contributed by atoms with E-state index in [0.717, 1.165) is 26.3 Å². The Kier molecular flexibility index (Phi) is 7.90. The summed E-state index contributed by atoms with van der Waals surface area (Å²) in [7, 11) is 0. The van der Waals surface area contributed by atoms with Crippen LogP contribution in [0.5, 0.6) is 5.75 Å². The van der Waals surface area contributed by atoms with Crippen LogP contribution in [-0.2, 0) is 6.61 Å². The molecule has 0 atom stereocenters. The first kappa shape index (κ1) is 23.5. The molecule has 4 rings (SSSR count). The van der Waals surface area contributed by atoms with E-state index in [-0.39, 0.29) is 12.4 Å². The van der Waals surface area contributed by atoms with Crippen LogP contribution in [0.3, 0.4) is 0 Å². The lowest BCUT2D eigenvalue weighted by molar-refractivity contribution is 0.306. The molecule has 34 heavy (non-hydrogen) atoms. The summed E-state index contributed by atoms with van der Waals surface area (Å²) >= 11 is 7.90. The Balaban J connectivity index is 1.43. The van der Waals surface area contributed by atoms with Crippen LogP contribution in [0.2, 0.25) is 5.02 Å². The Hall–Kier alpha value is -3.69. The number of benzene rings is 2. The monoisotopic (exact) mass is 491 g/mol. The highest BCUT2D eigenvalue weighted by molar-refractivity contribution is 7.20. The molecule has 2 heterocycles. The van der Waals surface area contributed by atoms with Crippen molar-refractivity contribution in [2.75, 3.05) is 18.4 Å². The SMILES string of the molecule is N#CCCNCC#Cc1cc2ncnc(Nc3ccc(OCc4cccc(F)c4)c(Cl)c3)c2s1. The van der Waals surface area contributed by atoms with Crippen LogP contribution in [0.1, 0.15) is 16.9 Å². The lowest BCUT2D eigenvalue weighted by atomic mass is 10.2. The van der Waals surface area contributed by atoms with Crippen molar-refractivity contribution in [3.05, 3.63) is 76.1 Å². The van der Waals surface area contributed by atoms with E-state index in [0.29, 0.717) is 36.1 Å². The molecule has 0 aliphatic heterocycles. The Morgan fingerprint density at radius 2 is 2.06 bits per heavy atom. The number of hydrogen-bond donors (Lipinski definition) is 2. The maximum atomic E-state index is 13.3. The minimum absolute atomic E-state index is 0.212. The number of fused-ring (bicyclic) bond motifs is 1. The smallest absolute Gasteiger partial charge is 0.151 e. The zero-order valence-electron chi connectivity index (χ0n) is 17.9. The van der Waals surface area contributed by atoms with Gasteiger partial charge < -0.3 is 15.4 Å². The van der Waals surface area contributed by atoms with E-state index in [4.69, 9.17) is 21.6 Å². The van der Waals surface area contributed by atoms with Gasteiger partial charge in [-0.05, 0) is 42.0 Å². The van der Waals surface area contributed by atoms with Crippen LogP contribution in [-0.4, -0.2) is 23.1 Å². The molecule has 2 N–H and O–H groups in total. The molecule has 0 bridgehead atoms. The van der Waals surface area contributed by atoms with Gasteiger partial charge >= 0.3 is 0 Å². The van der Waals surface area contributed by atoms with Gasteiger partial charge in [-0.3, -0.25) is 0 Å². The van der Waals surface area contributed by atoms with Gasteiger partial charge in [0.2, 0.25) is 0 Å². The largest absolute Gasteiger partial charge is 0.487 e. The minimum atomic E-state index is -0.308. The van der Waals surface area contributed by atoms with E-state index in [1.165, 1.54) is 29.8 Å². The van der Waals surface area contributed by atoms with Crippen molar-refractivity contribution in [1.29, 1.82) is 5.26 Å². The maximum absolute atomic E-state index is 13.3. The third-order valence-corrected chi connectivity index (χ3v) is 5.97. The zero-order valence-corrected chi connectivity index (χ0v) is 19.5. The predicted molar refractivity (Wildman–Crippen MR) is 133 cm³/mol. The molecule has 9 heteroatoms. The molecule has 0 saturated heterocycles. The molecule has 170 valence electrons. The van der Waals surface area contributed by atoms with Gasteiger partial charge in [0.15, 0.2) is 5.82 Å². The highest BCUT2D eigenvalue weighted by Gasteiger charge is 2.10. The molecule has 0 radical (unpaired) electrons. The predicted octanol–water partition coefficient (Wildman–Crippen LogP) is 5.66. The molecule has 0 aliphatic rings. The van der Waals surface area contributed by atoms with Crippen molar-refractivity contribution < 1.29 is 9.13 Å². The van der Waals surface area contributed by atoms with Crippen LogP contribution in [0.25, 0.3) is 10.2 Å². The number of anilines is 2. The molecular formula is C25H19ClFN5OS. The quantitative estimate of drug-likeness (QED) is 0.244. The normalized spacial score (nSPS) is 10.4. The zero-order chi connectivity index (χ0) is 23.8. The Morgan fingerprint density at radius 3 is 2.88 bits per heavy atom. The van der Waals surface area contributed by atoms with E-state index >= 15 is 0 Å². The molecule has 0 unspecified atom stereocenters. The van der Waals surface area contributed by atoms with Crippen molar-refractivity contribution in [2.45, 2.75) is 13.0 Å². The fourth-order valence-corrected chi connectivity index (χ4v) is 4.22. The molecular weight excluding hydrogens is 473 g/mol. The van der Waals surface area contributed by atoms with Gasteiger partial charge in [-0.1, -0.05) is 35.6 Å². The third kappa shape index (κ3) is 6.21. The number of nitriles is 1. The average Bonchev–Trinajstić information content (AvgIpc) is 3.25. The van der Waals surface area contributed by atoms with E-state index in [2.05, 4.69) is 38.5 Å². The van der Waals surface area contributed by atoms with Gasteiger partial charge in [-0.2, -0.15) is 5.26 Å². The number of nitrogens with one attached hydrogen (secondary N) is 2. The van der Waals surface area contributed by atoms with Crippen molar-refractivity contribution in [3.8, 4) is 23.7 Å². The van der Waals surface area contributed by atoms with Gasteiger partial charge in [-0.15, -0.1) is 11.3 Å². The number of thiophene rings is 1. The first-order valence-electron chi connectivity index (χ1n) is 10.4. The Labute approximate surface area is 205 Å². The number of nitrogens with zero attached hydrogens (tertiary/aromatic N) is 3. The molecule has 0 saturated carbocycles. The summed E-state index contributed by atoms with van der Waals surface area (Å²) in [4.78, 5) is 9.57. The molecule has 2 aromatic carbocycles. The lowest BCUT2D eigenvalue weighted by Crippen LogP contribution is -2.14. The van der Waals surface area contributed by atoms with Crippen molar-refractivity contribution >= 4 is 44.7 Å². The molecule has 2 aromatic heterocycles. The van der Waals surface area contributed by atoms with Crippen LogP contribution in [0.4, 0.5) is 15.9 Å². The molecule has 0 fully saturated rings. The van der Waals surface area contributed by atoms with Crippen LogP contribution < -0.4 is 15.4 Å². The number of halogens is 2. The van der Waals surface area contributed by atoms with Gasteiger partial charge in [0, 0.05) is 18.7 Å². The average molecular weight is 492 g/mol. The number of rotatable bonds is 8. The highest BCUT2D eigenvalue weighted by Crippen LogP contribution is 2.33. The van der Waals surface area contributed by atoms with Gasteiger partial charge in [0.05, 0.1) is 32.7 Å². The standard InChI is InChI=1S/C25H19ClFN5OS/c26-21-13-19(7-8-23(21)33-15-17-4-1-5-18(27)12-17)32-25-24-22(30-16-31-25)14-20(34-24)6-2-10-29-11-3-9-28/h1,4-5,7-8,12-14,16,29H,3,10-11,15H2,(H,30,31,32). The summed E-state index contributed by atoms with van der Waals surface area (Å²) in [6.45, 7) is 1.34. The summed E-state index contributed by atoms with van der Waals surface area (Å²) in [5.74, 6) is 7.01.